The van der Waals surface area contributed by atoms with Gasteiger partial charge in [0.2, 0.25) is 5.91 Å². The Morgan fingerprint density at radius 1 is 1.22 bits per heavy atom. The van der Waals surface area contributed by atoms with Crippen LogP contribution in [0.15, 0.2) is 24.5 Å². The molecule has 0 radical (unpaired) electrons. The Labute approximate surface area is 134 Å². The first-order valence-electron chi connectivity index (χ1n) is 7.92. The van der Waals surface area contributed by atoms with Gasteiger partial charge in [-0.15, -0.1) is 0 Å². The third-order valence-corrected chi connectivity index (χ3v) is 4.53. The molecule has 0 saturated carbocycles. The first-order valence-corrected chi connectivity index (χ1v) is 7.92. The molecule has 4 amide bonds. The van der Waals surface area contributed by atoms with Gasteiger partial charge in [-0.25, -0.2) is 4.79 Å². The lowest BCUT2D eigenvalue weighted by atomic mass is 9.90. The van der Waals surface area contributed by atoms with Gasteiger partial charge in [0, 0.05) is 31.9 Å². The van der Waals surface area contributed by atoms with E-state index in [0.717, 1.165) is 25.9 Å². The maximum Gasteiger partial charge on any atom is 0.322 e. The molecule has 0 spiro atoms. The number of nitrogens with zero attached hydrogens (tertiary/aromatic N) is 2. The zero-order chi connectivity index (χ0) is 16.2. The minimum absolute atomic E-state index is 0.0483. The molecule has 2 N–H and O–H groups in total. The minimum Gasteiger partial charge on any atom is -0.343 e. The third-order valence-electron chi connectivity index (χ3n) is 4.53. The molecule has 0 bridgehead atoms. The number of aromatic nitrogens is 1. The van der Waals surface area contributed by atoms with Crippen LogP contribution in [0.25, 0.3) is 0 Å². The summed E-state index contributed by atoms with van der Waals surface area (Å²) in [6, 6.07) is 3.00. The van der Waals surface area contributed by atoms with Crippen molar-refractivity contribution in [2.75, 3.05) is 13.1 Å². The highest BCUT2D eigenvalue weighted by molar-refractivity contribution is 6.04. The highest BCUT2D eigenvalue weighted by Gasteiger charge is 2.30. The van der Waals surface area contributed by atoms with Crippen molar-refractivity contribution in [1.82, 2.24) is 20.5 Å². The molecule has 0 aromatic carbocycles. The van der Waals surface area contributed by atoms with Crippen molar-refractivity contribution in [3.05, 3.63) is 30.1 Å². The second kappa shape index (κ2) is 6.76. The molecule has 3 rings (SSSR count). The van der Waals surface area contributed by atoms with Crippen molar-refractivity contribution >= 4 is 17.8 Å². The number of rotatable bonds is 4. The molecular formula is C16H20N4O3. The van der Waals surface area contributed by atoms with Crippen LogP contribution >= 0.6 is 0 Å². The molecule has 7 heteroatoms. The number of urea groups is 1. The van der Waals surface area contributed by atoms with Gasteiger partial charge in [-0.1, -0.05) is 0 Å². The van der Waals surface area contributed by atoms with E-state index in [0.29, 0.717) is 12.3 Å². The van der Waals surface area contributed by atoms with Crippen LogP contribution in [0, 0.1) is 0 Å². The molecule has 2 fully saturated rings. The smallest absolute Gasteiger partial charge is 0.322 e. The zero-order valence-corrected chi connectivity index (χ0v) is 12.8. The van der Waals surface area contributed by atoms with Crippen molar-refractivity contribution in [1.29, 1.82) is 0 Å². The van der Waals surface area contributed by atoms with Gasteiger partial charge in [-0.2, -0.15) is 0 Å². The summed E-state index contributed by atoms with van der Waals surface area (Å²) in [4.78, 5) is 40.6. The van der Waals surface area contributed by atoms with E-state index in [9.17, 15) is 14.4 Å². The fourth-order valence-electron chi connectivity index (χ4n) is 3.19. The van der Waals surface area contributed by atoms with Crippen LogP contribution < -0.4 is 10.6 Å². The largest absolute Gasteiger partial charge is 0.343 e. The number of hydrogen-bond acceptors (Lipinski definition) is 4. The van der Waals surface area contributed by atoms with Crippen LogP contribution in [0.1, 0.15) is 37.2 Å². The number of pyridine rings is 1. The first-order chi connectivity index (χ1) is 11.1. The molecule has 1 aromatic rings. The second-order valence-corrected chi connectivity index (χ2v) is 5.99. The lowest BCUT2D eigenvalue weighted by Gasteiger charge is -2.32. The Hall–Kier alpha value is -2.44. The van der Waals surface area contributed by atoms with Crippen molar-refractivity contribution in [3.8, 4) is 0 Å². The summed E-state index contributed by atoms with van der Waals surface area (Å²) in [7, 11) is 0. The van der Waals surface area contributed by atoms with E-state index in [1.165, 1.54) is 5.56 Å². The second-order valence-electron chi connectivity index (χ2n) is 5.99. The van der Waals surface area contributed by atoms with Gasteiger partial charge >= 0.3 is 6.03 Å². The molecule has 23 heavy (non-hydrogen) atoms. The molecule has 2 saturated heterocycles. The number of nitrogens with one attached hydrogen (secondary N) is 2. The molecule has 2 aliphatic heterocycles. The Morgan fingerprint density at radius 3 is 2.52 bits per heavy atom. The number of likely N-dealkylation sites (tertiary alicyclic amines) is 1. The van der Waals surface area contributed by atoms with Gasteiger partial charge in [0.25, 0.3) is 5.91 Å². The molecule has 122 valence electrons. The van der Waals surface area contributed by atoms with Gasteiger partial charge in [0.1, 0.15) is 6.04 Å². The highest BCUT2D eigenvalue weighted by Crippen LogP contribution is 2.27. The fourth-order valence-corrected chi connectivity index (χ4v) is 3.19. The molecular weight excluding hydrogens is 296 g/mol. The molecule has 0 aliphatic carbocycles. The van der Waals surface area contributed by atoms with Crippen molar-refractivity contribution in [3.63, 3.8) is 0 Å². The zero-order valence-electron chi connectivity index (χ0n) is 12.8. The minimum atomic E-state index is -0.583. The van der Waals surface area contributed by atoms with Gasteiger partial charge in [-0.05, 0) is 42.9 Å². The lowest BCUT2D eigenvalue weighted by molar-refractivity contribution is -0.132. The van der Waals surface area contributed by atoms with Crippen LogP contribution in [0.2, 0.25) is 0 Å². The van der Waals surface area contributed by atoms with Gasteiger partial charge in [0.05, 0.1) is 0 Å². The molecule has 1 aromatic heterocycles. The van der Waals surface area contributed by atoms with Crippen molar-refractivity contribution in [2.45, 2.75) is 37.6 Å². The third kappa shape index (κ3) is 3.67. The van der Waals surface area contributed by atoms with Crippen molar-refractivity contribution < 1.29 is 14.4 Å². The number of carbonyl (C=O) groups excluding carboxylic acids is 3. The standard InChI is InChI=1S/C16H20N4O3/c21-14(2-1-13-15(22)19-16(23)18-13)20-9-5-12(6-10-20)11-3-7-17-8-4-11/h3-4,7-8,12-13H,1-2,5-6,9-10H2,(H2,18,19,22,23)/t13-/m1/s1. The van der Waals surface area contributed by atoms with E-state index in [2.05, 4.69) is 15.6 Å². The van der Waals surface area contributed by atoms with Crippen LogP contribution in [-0.4, -0.2) is 46.9 Å². The van der Waals surface area contributed by atoms with Crippen LogP contribution in [0.5, 0.6) is 0 Å². The average Bonchev–Trinajstić information content (AvgIpc) is 2.91. The van der Waals surface area contributed by atoms with E-state index in [4.69, 9.17) is 0 Å². The predicted octanol–water partition coefficient (Wildman–Crippen LogP) is 0.776. The number of imide groups is 1. The van der Waals surface area contributed by atoms with E-state index >= 15 is 0 Å². The predicted molar refractivity (Wildman–Crippen MR) is 82.5 cm³/mol. The van der Waals surface area contributed by atoms with E-state index in [1.807, 2.05) is 17.0 Å². The van der Waals surface area contributed by atoms with Crippen LogP contribution in [-0.2, 0) is 9.59 Å². The Bertz CT molecular complexity index is 597. The SMILES string of the molecule is O=C1NC(=O)[C@@H](CCC(=O)N2CCC(c3ccncc3)CC2)N1. The summed E-state index contributed by atoms with van der Waals surface area (Å²) in [6.07, 6.45) is 6.10. The molecule has 7 nitrogen and oxygen atoms in total. The summed E-state index contributed by atoms with van der Waals surface area (Å²) in [5.74, 6) is 0.174. The summed E-state index contributed by atoms with van der Waals surface area (Å²) in [5, 5.41) is 4.69. The number of amides is 4. The summed E-state index contributed by atoms with van der Waals surface area (Å²) in [6.45, 7) is 1.46. The maximum absolute atomic E-state index is 12.3. The fraction of sp³-hybridized carbons (Fsp3) is 0.500. The molecule has 1 atom stereocenters. The van der Waals surface area contributed by atoms with E-state index in [1.54, 1.807) is 12.4 Å². The first kappa shape index (κ1) is 15.5. The normalized spacial score (nSPS) is 21.9. The van der Waals surface area contributed by atoms with E-state index < -0.39 is 12.1 Å². The summed E-state index contributed by atoms with van der Waals surface area (Å²) < 4.78 is 0. The summed E-state index contributed by atoms with van der Waals surface area (Å²) in [5.41, 5.74) is 1.28. The number of piperidine rings is 1. The molecule has 0 unspecified atom stereocenters. The lowest BCUT2D eigenvalue weighted by Crippen LogP contribution is -2.39. The van der Waals surface area contributed by atoms with Crippen LogP contribution in [0.4, 0.5) is 4.79 Å². The van der Waals surface area contributed by atoms with E-state index in [-0.39, 0.29) is 18.2 Å². The van der Waals surface area contributed by atoms with Gasteiger partial charge in [0.15, 0.2) is 0 Å². The Morgan fingerprint density at radius 2 is 1.91 bits per heavy atom. The highest BCUT2D eigenvalue weighted by atomic mass is 16.2. The molecule has 2 aliphatic rings. The monoisotopic (exact) mass is 316 g/mol. The number of carbonyl (C=O) groups is 3. The van der Waals surface area contributed by atoms with Crippen LogP contribution in [0.3, 0.4) is 0 Å². The molecule has 3 heterocycles. The van der Waals surface area contributed by atoms with Crippen molar-refractivity contribution in [2.24, 2.45) is 0 Å². The Balaban J connectivity index is 1.45. The maximum atomic E-state index is 12.3. The summed E-state index contributed by atoms with van der Waals surface area (Å²) >= 11 is 0. The quantitative estimate of drug-likeness (QED) is 0.803. The van der Waals surface area contributed by atoms with Gasteiger partial charge < -0.3 is 10.2 Å². The van der Waals surface area contributed by atoms with Gasteiger partial charge in [-0.3, -0.25) is 19.9 Å². The topological polar surface area (TPSA) is 91.4 Å². The number of hydrogen-bond donors (Lipinski definition) is 2. The average molecular weight is 316 g/mol. The Kier molecular flexibility index (Phi) is 4.55.